The maximum Gasteiger partial charge on any atom is 0.248 e. The Kier molecular flexibility index (Phi) is 6.91. The van der Waals surface area contributed by atoms with Gasteiger partial charge in [0.15, 0.2) is 0 Å². The highest BCUT2D eigenvalue weighted by atomic mass is 32.1. The zero-order valence-corrected chi connectivity index (χ0v) is 19.0. The quantitative estimate of drug-likeness (QED) is 0.558. The number of nitrogens with one attached hydrogen (secondary N) is 1. The average molecular weight is 439 g/mol. The van der Waals surface area contributed by atoms with Crippen molar-refractivity contribution in [1.82, 2.24) is 5.32 Å². The first-order valence-corrected chi connectivity index (χ1v) is 11.0. The van der Waals surface area contributed by atoms with Crippen molar-refractivity contribution in [2.45, 2.75) is 45.7 Å². The van der Waals surface area contributed by atoms with Gasteiger partial charge < -0.3 is 5.32 Å². The second-order valence-electron chi connectivity index (χ2n) is 8.50. The normalized spacial score (nSPS) is 12.3. The first-order chi connectivity index (χ1) is 14.7. The number of anilines is 1. The van der Waals surface area contributed by atoms with Crippen LogP contribution in [-0.4, -0.2) is 17.4 Å². The fourth-order valence-corrected chi connectivity index (χ4v) is 4.13. The predicted molar refractivity (Wildman–Crippen MR) is 124 cm³/mol. The lowest BCUT2D eigenvalue weighted by Gasteiger charge is -2.34. The van der Waals surface area contributed by atoms with Crippen molar-refractivity contribution < 1.29 is 14.0 Å². The highest BCUT2D eigenvalue weighted by molar-refractivity contribution is 7.10. The number of aryl methyl sites for hydroxylation is 1. The molecule has 1 atom stereocenters. The van der Waals surface area contributed by atoms with E-state index in [1.165, 1.54) is 28.4 Å². The number of rotatable bonds is 6. The second-order valence-corrected chi connectivity index (χ2v) is 9.54. The molecule has 6 heteroatoms. The van der Waals surface area contributed by atoms with Crippen molar-refractivity contribution in [2.75, 3.05) is 4.90 Å². The number of thiophene rings is 1. The molecule has 0 saturated carbocycles. The van der Waals surface area contributed by atoms with Crippen LogP contribution in [0.3, 0.4) is 0 Å². The van der Waals surface area contributed by atoms with Crippen LogP contribution in [-0.2, 0) is 16.0 Å². The topological polar surface area (TPSA) is 49.4 Å². The molecule has 162 valence electrons. The number of halogens is 1. The minimum absolute atomic E-state index is 0.153. The molecule has 0 spiro atoms. The van der Waals surface area contributed by atoms with Crippen LogP contribution in [0, 0.1) is 12.7 Å². The van der Waals surface area contributed by atoms with Crippen molar-refractivity contribution in [2.24, 2.45) is 0 Å². The van der Waals surface area contributed by atoms with E-state index in [-0.39, 0.29) is 18.2 Å². The number of nitrogens with zero attached hydrogens (tertiary/aromatic N) is 1. The first kappa shape index (κ1) is 22.7. The molecular formula is C25H27FN2O2S. The molecule has 1 N–H and O–H groups in total. The number of carbonyl (C=O) groups is 2. The highest BCUT2D eigenvalue weighted by Crippen LogP contribution is 2.32. The fourth-order valence-electron chi connectivity index (χ4n) is 3.43. The molecule has 0 aliphatic carbocycles. The standard InChI is InChI=1S/C25H27FN2O2S/c1-17-9-5-6-13-21(17)28(22(29)16-20-12-8-14-31-20)23(24(30)27-25(2,3)4)18-10-7-11-19(26)15-18/h5-15,23H,16H2,1-4H3,(H,27,30). The van der Waals surface area contributed by atoms with Gasteiger partial charge in [0.2, 0.25) is 11.8 Å². The third-order valence-corrected chi connectivity index (χ3v) is 5.59. The van der Waals surface area contributed by atoms with Crippen molar-refractivity contribution >= 4 is 28.8 Å². The van der Waals surface area contributed by atoms with Crippen molar-refractivity contribution in [3.63, 3.8) is 0 Å². The van der Waals surface area contributed by atoms with Gasteiger partial charge in [0.1, 0.15) is 11.9 Å². The van der Waals surface area contributed by atoms with E-state index in [4.69, 9.17) is 0 Å². The molecular weight excluding hydrogens is 411 g/mol. The summed E-state index contributed by atoms with van der Waals surface area (Å²) in [6, 6.07) is 16.1. The molecule has 0 saturated heterocycles. The number of amides is 2. The van der Waals surface area contributed by atoms with Gasteiger partial charge in [0.25, 0.3) is 0 Å². The summed E-state index contributed by atoms with van der Waals surface area (Å²) in [5.41, 5.74) is 1.38. The van der Waals surface area contributed by atoms with E-state index in [1.807, 2.05) is 69.5 Å². The van der Waals surface area contributed by atoms with Gasteiger partial charge in [-0.1, -0.05) is 36.4 Å². The lowest BCUT2D eigenvalue weighted by atomic mass is 9.99. The lowest BCUT2D eigenvalue weighted by molar-refractivity contribution is -0.127. The van der Waals surface area contributed by atoms with Gasteiger partial charge in [-0.15, -0.1) is 11.3 Å². The summed E-state index contributed by atoms with van der Waals surface area (Å²) in [5, 5.41) is 4.88. The van der Waals surface area contributed by atoms with Gasteiger partial charge in [0, 0.05) is 16.1 Å². The van der Waals surface area contributed by atoms with Crippen LogP contribution in [0.5, 0.6) is 0 Å². The lowest BCUT2D eigenvalue weighted by Crippen LogP contribution is -2.50. The minimum Gasteiger partial charge on any atom is -0.349 e. The van der Waals surface area contributed by atoms with Gasteiger partial charge in [-0.25, -0.2) is 4.39 Å². The summed E-state index contributed by atoms with van der Waals surface area (Å²) in [4.78, 5) is 29.5. The number of benzene rings is 2. The number of para-hydroxylation sites is 1. The Morgan fingerprint density at radius 2 is 1.81 bits per heavy atom. The first-order valence-electron chi connectivity index (χ1n) is 10.1. The molecule has 0 aliphatic rings. The van der Waals surface area contributed by atoms with Gasteiger partial charge in [0.05, 0.1) is 6.42 Å². The molecule has 3 rings (SSSR count). The Labute approximate surface area is 186 Å². The van der Waals surface area contributed by atoms with Crippen LogP contribution in [0.1, 0.15) is 42.8 Å². The summed E-state index contributed by atoms with van der Waals surface area (Å²) >= 11 is 1.49. The van der Waals surface area contributed by atoms with Crippen molar-refractivity contribution in [3.8, 4) is 0 Å². The van der Waals surface area contributed by atoms with Crippen LogP contribution in [0.15, 0.2) is 66.0 Å². The highest BCUT2D eigenvalue weighted by Gasteiger charge is 2.35. The van der Waals surface area contributed by atoms with Crippen LogP contribution in [0.2, 0.25) is 0 Å². The van der Waals surface area contributed by atoms with E-state index in [0.717, 1.165) is 10.4 Å². The Morgan fingerprint density at radius 3 is 2.42 bits per heavy atom. The molecule has 0 bridgehead atoms. The zero-order valence-electron chi connectivity index (χ0n) is 18.2. The number of hydrogen-bond donors (Lipinski definition) is 1. The van der Waals surface area contributed by atoms with Crippen LogP contribution >= 0.6 is 11.3 Å². The molecule has 2 aromatic carbocycles. The molecule has 1 aromatic heterocycles. The molecule has 1 heterocycles. The molecule has 4 nitrogen and oxygen atoms in total. The summed E-state index contributed by atoms with van der Waals surface area (Å²) in [7, 11) is 0. The maximum absolute atomic E-state index is 14.1. The smallest absolute Gasteiger partial charge is 0.248 e. The Morgan fingerprint density at radius 1 is 1.06 bits per heavy atom. The summed E-state index contributed by atoms with van der Waals surface area (Å²) in [5.74, 6) is -1.04. The SMILES string of the molecule is Cc1ccccc1N(C(=O)Cc1cccs1)C(C(=O)NC(C)(C)C)c1cccc(F)c1. The van der Waals surface area contributed by atoms with E-state index in [1.54, 1.807) is 12.1 Å². The van der Waals surface area contributed by atoms with Gasteiger partial charge in [-0.05, 0) is 68.5 Å². The monoisotopic (exact) mass is 438 g/mol. The molecule has 1 unspecified atom stereocenters. The second kappa shape index (κ2) is 9.43. The summed E-state index contributed by atoms with van der Waals surface area (Å²) < 4.78 is 14.1. The molecule has 2 amide bonds. The molecule has 0 radical (unpaired) electrons. The van der Waals surface area contributed by atoms with Crippen molar-refractivity contribution in [1.29, 1.82) is 0 Å². The Hall–Kier alpha value is -2.99. The fraction of sp³-hybridized carbons (Fsp3) is 0.280. The molecule has 0 fully saturated rings. The summed E-state index contributed by atoms with van der Waals surface area (Å²) in [6.07, 6.45) is 0.153. The Bertz CT molecular complexity index is 1060. The van der Waals surface area contributed by atoms with E-state index in [2.05, 4.69) is 5.32 Å². The zero-order chi connectivity index (χ0) is 22.6. The van der Waals surface area contributed by atoms with E-state index in [9.17, 15) is 14.0 Å². The summed E-state index contributed by atoms with van der Waals surface area (Å²) in [6.45, 7) is 7.52. The minimum atomic E-state index is -1.01. The molecule has 0 aliphatic heterocycles. The Balaban J connectivity index is 2.15. The molecule has 31 heavy (non-hydrogen) atoms. The van der Waals surface area contributed by atoms with Gasteiger partial charge in [-0.3, -0.25) is 14.5 Å². The van der Waals surface area contributed by atoms with Crippen LogP contribution in [0.25, 0.3) is 0 Å². The molecule has 3 aromatic rings. The van der Waals surface area contributed by atoms with Crippen molar-refractivity contribution in [3.05, 3.63) is 87.9 Å². The van der Waals surface area contributed by atoms with E-state index >= 15 is 0 Å². The third-order valence-electron chi connectivity index (χ3n) is 4.72. The van der Waals surface area contributed by atoms with E-state index in [0.29, 0.717) is 11.3 Å². The van der Waals surface area contributed by atoms with Crippen LogP contribution in [0.4, 0.5) is 10.1 Å². The number of carbonyl (C=O) groups excluding carboxylic acids is 2. The van der Waals surface area contributed by atoms with E-state index < -0.39 is 17.4 Å². The average Bonchev–Trinajstić information content (AvgIpc) is 3.18. The van der Waals surface area contributed by atoms with Gasteiger partial charge in [-0.2, -0.15) is 0 Å². The maximum atomic E-state index is 14.1. The largest absolute Gasteiger partial charge is 0.349 e. The third kappa shape index (κ3) is 5.79. The van der Waals surface area contributed by atoms with Crippen LogP contribution < -0.4 is 10.2 Å². The number of hydrogen-bond acceptors (Lipinski definition) is 3. The van der Waals surface area contributed by atoms with Gasteiger partial charge >= 0.3 is 0 Å². The predicted octanol–water partition coefficient (Wildman–Crippen LogP) is 5.43.